The van der Waals surface area contributed by atoms with Crippen LogP contribution in [-0.2, 0) is 14.3 Å². The van der Waals surface area contributed by atoms with Gasteiger partial charge in [0.1, 0.15) is 5.76 Å². The Morgan fingerprint density at radius 3 is 2.50 bits per heavy atom. The Hall–Kier alpha value is -1.78. The lowest BCUT2D eigenvalue weighted by atomic mass is 10.5. The summed E-state index contributed by atoms with van der Waals surface area (Å²) in [5, 5.41) is 0. The standard InChI is InChI=1S/C9H11NO4/c1-6-4-5-7(14-6)10(2)8(11)9(12)13-3/h4-5H,1-3H3. The summed E-state index contributed by atoms with van der Waals surface area (Å²) < 4.78 is 9.45. The van der Waals surface area contributed by atoms with E-state index >= 15 is 0 Å². The molecule has 0 unspecified atom stereocenters. The van der Waals surface area contributed by atoms with E-state index in [9.17, 15) is 9.59 Å². The molecule has 76 valence electrons. The Balaban J connectivity index is 2.80. The number of furan rings is 1. The average Bonchev–Trinajstić information content (AvgIpc) is 2.61. The molecular weight excluding hydrogens is 186 g/mol. The maximum absolute atomic E-state index is 11.3. The highest BCUT2D eigenvalue weighted by Gasteiger charge is 2.22. The van der Waals surface area contributed by atoms with Gasteiger partial charge >= 0.3 is 11.9 Å². The molecule has 1 aromatic heterocycles. The van der Waals surface area contributed by atoms with Crippen LogP contribution in [0.5, 0.6) is 0 Å². The average molecular weight is 197 g/mol. The third-order valence-electron chi connectivity index (χ3n) is 1.72. The molecule has 0 aromatic carbocycles. The number of anilines is 1. The number of ether oxygens (including phenoxy) is 1. The van der Waals surface area contributed by atoms with Gasteiger partial charge in [0.2, 0.25) is 5.88 Å². The number of rotatable bonds is 1. The second-order valence-corrected chi connectivity index (χ2v) is 2.74. The van der Waals surface area contributed by atoms with Gasteiger partial charge in [0.05, 0.1) is 7.11 Å². The van der Waals surface area contributed by atoms with Crippen LogP contribution < -0.4 is 4.90 Å². The fraction of sp³-hybridized carbons (Fsp3) is 0.333. The molecule has 0 aliphatic rings. The predicted octanol–water partition coefficient (Wildman–Crippen LogP) is 0.724. The number of carbonyl (C=O) groups excluding carboxylic acids is 2. The number of nitrogens with zero attached hydrogens (tertiary/aromatic N) is 1. The predicted molar refractivity (Wildman–Crippen MR) is 48.9 cm³/mol. The molecule has 0 aliphatic heterocycles. The van der Waals surface area contributed by atoms with Gasteiger partial charge in [-0.1, -0.05) is 0 Å². The topological polar surface area (TPSA) is 59.8 Å². The zero-order valence-electron chi connectivity index (χ0n) is 8.23. The third-order valence-corrected chi connectivity index (χ3v) is 1.72. The van der Waals surface area contributed by atoms with Gasteiger partial charge < -0.3 is 9.15 Å². The number of methoxy groups -OCH3 is 1. The fourth-order valence-electron chi connectivity index (χ4n) is 0.926. The largest absolute Gasteiger partial charge is 0.462 e. The minimum absolute atomic E-state index is 0.318. The first-order valence-corrected chi connectivity index (χ1v) is 3.98. The van der Waals surface area contributed by atoms with Crippen LogP contribution in [0, 0.1) is 6.92 Å². The Morgan fingerprint density at radius 2 is 2.07 bits per heavy atom. The minimum atomic E-state index is -0.915. The highest BCUT2D eigenvalue weighted by atomic mass is 16.5. The first-order chi connectivity index (χ1) is 6.56. The van der Waals surface area contributed by atoms with Crippen molar-refractivity contribution in [3.8, 4) is 0 Å². The maximum atomic E-state index is 11.3. The van der Waals surface area contributed by atoms with Crippen molar-refractivity contribution in [3.63, 3.8) is 0 Å². The molecule has 0 N–H and O–H groups in total. The monoisotopic (exact) mass is 197 g/mol. The summed E-state index contributed by atoms with van der Waals surface area (Å²) in [5.74, 6) is -0.689. The van der Waals surface area contributed by atoms with Crippen LogP contribution in [0.25, 0.3) is 0 Å². The van der Waals surface area contributed by atoms with Crippen molar-refractivity contribution in [1.82, 2.24) is 0 Å². The van der Waals surface area contributed by atoms with Crippen molar-refractivity contribution in [2.75, 3.05) is 19.1 Å². The van der Waals surface area contributed by atoms with Gasteiger partial charge in [-0.3, -0.25) is 9.69 Å². The summed E-state index contributed by atoms with van der Waals surface area (Å²) in [7, 11) is 2.60. The molecule has 0 bridgehead atoms. The van der Waals surface area contributed by atoms with Crippen molar-refractivity contribution < 1.29 is 18.7 Å². The summed E-state index contributed by atoms with van der Waals surface area (Å²) in [6, 6.07) is 3.31. The van der Waals surface area contributed by atoms with E-state index in [1.807, 2.05) is 0 Å². The zero-order valence-corrected chi connectivity index (χ0v) is 8.23. The van der Waals surface area contributed by atoms with Crippen molar-refractivity contribution in [3.05, 3.63) is 17.9 Å². The van der Waals surface area contributed by atoms with E-state index in [0.717, 1.165) is 12.0 Å². The molecule has 1 aromatic rings. The van der Waals surface area contributed by atoms with Crippen molar-refractivity contribution in [1.29, 1.82) is 0 Å². The van der Waals surface area contributed by atoms with Gasteiger partial charge in [0.15, 0.2) is 0 Å². The second kappa shape index (κ2) is 3.95. The molecule has 0 saturated carbocycles. The van der Waals surface area contributed by atoms with Crippen molar-refractivity contribution in [2.24, 2.45) is 0 Å². The molecule has 0 fully saturated rings. The van der Waals surface area contributed by atoms with Crippen LogP contribution in [-0.4, -0.2) is 26.0 Å². The van der Waals surface area contributed by atoms with E-state index in [4.69, 9.17) is 4.42 Å². The van der Waals surface area contributed by atoms with E-state index < -0.39 is 11.9 Å². The first-order valence-electron chi connectivity index (χ1n) is 3.98. The Labute approximate surface area is 81.2 Å². The SMILES string of the molecule is COC(=O)C(=O)N(C)c1ccc(C)o1. The summed E-state index contributed by atoms with van der Waals surface area (Å²) in [6.07, 6.45) is 0. The Bertz CT molecular complexity index is 355. The van der Waals surface area contributed by atoms with Crippen molar-refractivity contribution in [2.45, 2.75) is 6.92 Å². The molecule has 0 saturated heterocycles. The number of likely N-dealkylation sites (N-methyl/N-ethyl adjacent to an activating group) is 1. The number of carbonyl (C=O) groups is 2. The number of hydrogen-bond acceptors (Lipinski definition) is 4. The fourth-order valence-corrected chi connectivity index (χ4v) is 0.926. The lowest BCUT2D eigenvalue weighted by Gasteiger charge is -2.11. The van der Waals surface area contributed by atoms with Crippen LogP contribution in [0.15, 0.2) is 16.5 Å². The third kappa shape index (κ3) is 1.93. The summed E-state index contributed by atoms with van der Waals surface area (Å²) in [5.41, 5.74) is 0. The van der Waals surface area contributed by atoms with Gasteiger partial charge in [0, 0.05) is 13.1 Å². The van der Waals surface area contributed by atoms with Gasteiger partial charge in [0.25, 0.3) is 0 Å². The molecule has 1 rings (SSSR count). The smallest absolute Gasteiger partial charge is 0.397 e. The highest BCUT2D eigenvalue weighted by molar-refractivity contribution is 6.37. The normalized spacial score (nSPS) is 9.64. The Morgan fingerprint density at radius 1 is 1.43 bits per heavy atom. The lowest BCUT2D eigenvalue weighted by molar-refractivity contribution is -0.151. The summed E-state index contributed by atoms with van der Waals surface area (Å²) >= 11 is 0. The highest BCUT2D eigenvalue weighted by Crippen LogP contribution is 2.16. The number of amides is 1. The second-order valence-electron chi connectivity index (χ2n) is 2.74. The molecule has 5 nitrogen and oxygen atoms in total. The van der Waals surface area contributed by atoms with Gasteiger partial charge in [-0.05, 0) is 13.0 Å². The van der Waals surface area contributed by atoms with Gasteiger partial charge in [-0.2, -0.15) is 0 Å². The van der Waals surface area contributed by atoms with E-state index in [-0.39, 0.29) is 0 Å². The number of aryl methyl sites for hydroxylation is 1. The van der Waals surface area contributed by atoms with Crippen LogP contribution >= 0.6 is 0 Å². The molecule has 0 radical (unpaired) electrons. The Kier molecular flexibility index (Phi) is 2.91. The molecule has 0 aliphatic carbocycles. The van der Waals surface area contributed by atoms with Crippen LogP contribution in [0.4, 0.5) is 5.88 Å². The van der Waals surface area contributed by atoms with Crippen LogP contribution in [0.3, 0.4) is 0 Å². The first kappa shape index (κ1) is 10.3. The minimum Gasteiger partial charge on any atom is -0.462 e. The lowest BCUT2D eigenvalue weighted by Crippen LogP contribution is -2.33. The summed E-state index contributed by atoms with van der Waals surface area (Å²) in [4.78, 5) is 23.2. The molecule has 0 atom stereocenters. The van der Waals surface area contributed by atoms with E-state index in [2.05, 4.69) is 4.74 Å². The molecule has 0 spiro atoms. The van der Waals surface area contributed by atoms with E-state index in [1.54, 1.807) is 19.1 Å². The molecule has 5 heteroatoms. The van der Waals surface area contributed by atoms with E-state index in [1.165, 1.54) is 7.05 Å². The number of esters is 1. The maximum Gasteiger partial charge on any atom is 0.397 e. The molecule has 1 heterocycles. The molecule has 1 amide bonds. The molecule has 14 heavy (non-hydrogen) atoms. The van der Waals surface area contributed by atoms with Crippen molar-refractivity contribution >= 4 is 17.8 Å². The van der Waals surface area contributed by atoms with Gasteiger partial charge in [-0.25, -0.2) is 4.79 Å². The quantitative estimate of drug-likeness (QED) is 0.491. The van der Waals surface area contributed by atoms with Gasteiger partial charge in [-0.15, -0.1) is 0 Å². The van der Waals surface area contributed by atoms with Crippen LogP contribution in [0.1, 0.15) is 5.76 Å². The van der Waals surface area contributed by atoms with E-state index in [0.29, 0.717) is 11.6 Å². The van der Waals surface area contributed by atoms with Crippen LogP contribution in [0.2, 0.25) is 0 Å². The molecular formula is C9H11NO4. The number of hydrogen-bond donors (Lipinski definition) is 0. The summed E-state index contributed by atoms with van der Waals surface area (Å²) in [6.45, 7) is 1.75. The zero-order chi connectivity index (χ0) is 10.7.